The van der Waals surface area contributed by atoms with Gasteiger partial charge in [0, 0.05) is 20.2 Å². The second-order valence-electron chi connectivity index (χ2n) is 4.24. The molecule has 1 aromatic rings. The highest BCUT2D eigenvalue weighted by Gasteiger charge is 2.08. The number of nitrogens with one attached hydrogen (secondary N) is 1. The molecule has 0 aliphatic heterocycles. The van der Waals surface area contributed by atoms with Crippen molar-refractivity contribution in [3.8, 4) is 0 Å². The zero-order valence-corrected chi connectivity index (χ0v) is 11.0. The Labute approximate surface area is 108 Å². The molecule has 0 saturated carbocycles. The van der Waals surface area contributed by atoms with Gasteiger partial charge in [0.05, 0.1) is 13.0 Å². The summed E-state index contributed by atoms with van der Waals surface area (Å²) in [6.45, 7) is 2.34. The Balaban J connectivity index is 2.66. The maximum atomic E-state index is 11.3. The van der Waals surface area contributed by atoms with E-state index in [1.165, 1.54) is 0 Å². The number of ether oxygens (including phenoxy) is 1. The van der Waals surface area contributed by atoms with Crippen LogP contribution in [0.15, 0.2) is 24.3 Å². The van der Waals surface area contributed by atoms with Crippen LogP contribution in [0.4, 0.5) is 0 Å². The van der Waals surface area contributed by atoms with Crippen molar-refractivity contribution >= 4 is 5.91 Å². The van der Waals surface area contributed by atoms with Crippen molar-refractivity contribution in [3.63, 3.8) is 0 Å². The third-order valence-electron chi connectivity index (χ3n) is 2.75. The number of hydrazine groups is 1. The van der Waals surface area contributed by atoms with E-state index in [1.54, 1.807) is 7.11 Å². The first-order valence-corrected chi connectivity index (χ1v) is 5.91. The van der Waals surface area contributed by atoms with Gasteiger partial charge < -0.3 is 4.74 Å². The van der Waals surface area contributed by atoms with E-state index in [0.717, 1.165) is 24.2 Å². The zero-order chi connectivity index (χ0) is 13.4. The van der Waals surface area contributed by atoms with Crippen LogP contribution in [0, 0.1) is 0 Å². The fourth-order valence-electron chi connectivity index (χ4n) is 1.73. The first kappa shape index (κ1) is 14.6. The Hall–Kier alpha value is -1.43. The molecule has 0 aliphatic carbocycles. The molecular formula is C13H21N3O2. The molecule has 5 heteroatoms. The van der Waals surface area contributed by atoms with E-state index < -0.39 is 0 Å². The topological polar surface area (TPSA) is 67.6 Å². The molecule has 1 amide bonds. The number of benzene rings is 1. The van der Waals surface area contributed by atoms with Crippen LogP contribution in [0.25, 0.3) is 0 Å². The number of carbonyl (C=O) groups is 1. The minimum Gasteiger partial charge on any atom is -0.383 e. The van der Waals surface area contributed by atoms with Crippen molar-refractivity contribution in [1.29, 1.82) is 0 Å². The average Bonchev–Trinajstić information content (AvgIpc) is 2.38. The number of amides is 1. The second kappa shape index (κ2) is 7.81. The molecule has 0 radical (unpaired) electrons. The van der Waals surface area contributed by atoms with Gasteiger partial charge in [-0.3, -0.25) is 15.1 Å². The molecule has 0 bridgehead atoms. The third kappa shape index (κ3) is 4.83. The summed E-state index contributed by atoms with van der Waals surface area (Å²) >= 11 is 0. The number of carbonyl (C=O) groups excluding carboxylic acids is 1. The van der Waals surface area contributed by atoms with Gasteiger partial charge in [0.25, 0.3) is 0 Å². The maximum Gasteiger partial charge on any atom is 0.238 e. The first-order valence-electron chi connectivity index (χ1n) is 5.91. The van der Waals surface area contributed by atoms with E-state index >= 15 is 0 Å². The summed E-state index contributed by atoms with van der Waals surface area (Å²) < 4.78 is 5.04. The largest absolute Gasteiger partial charge is 0.383 e. The predicted molar refractivity (Wildman–Crippen MR) is 70.7 cm³/mol. The molecule has 100 valence electrons. The summed E-state index contributed by atoms with van der Waals surface area (Å²) in [5.74, 6) is 4.93. The molecule has 5 nitrogen and oxygen atoms in total. The van der Waals surface area contributed by atoms with Gasteiger partial charge in [-0.1, -0.05) is 24.3 Å². The van der Waals surface area contributed by atoms with E-state index in [9.17, 15) is 4.79 Å². The van der Waals surface area contributed by atoms with Gasteiger partial charge in [0.15, 0.2) is 0 Å². The van der Waals surface area contributed by atoms with Gasteiger partial charge in [-0.2, -0.15) is 0 Å². The minimum atomic E-state index is -0.179. The molecule has 0 aromatic heterocycles. The summed E-state index contributed by atoms with van der Waals surface area (Å²) in [6.07, 6.45) is 0.310. The molecule has 0 heterocycles. The molecule has 0 unspecified atom stereocenters. The standard InChI is InChI=1S/C13H21N3O2/c1-16(7-8-18-2)10-12-6-4-3-5-11(12)9-13(17)15-14/h3-6H,7-10,14H2,1-2H3,(H,15,17). The summed E-state index contributed by atoms with van der Waals surface area (Å²) in [4.78, 5) is 13.5. The quantitative estimate of drug-likeness (QED) is 0.415. The highest BCUT2D eigenvalue weighted by atomic mass is 16.5. The van der Waals surface area contributed by atoms with Crippen molar-refractivity contribution < 1.29 is 9.53 Å². The van der Waals surface area contributed by atoms with E-state index in [1.807, 2.05) is 31.3 Å². The average molecular weight is 251 g/mol. The predicted octanol–water partition coefficient (Wildman–Crippen LogP) is 0.297. The lowest BCUT2D eigenvalue weighted by Crippen LogP contribution is -2.32. The van der Waals surface area contributed by atoms with E-state index in [4.69, 9.17) is 10.6 Å². The Kier molecular flexibility index (Phi) is 6.35. The summed E-state index contributed by atoms with van der Waals surface area (Å²) in [5, 5.41) is 0. The number of methoxy groups -OCH3 is 1. The lowest BCUT2D eigenvalue weighted by atomic mass is 10.0. The monoisotopic (exact) mass is 251 g/mol. The summed E-state index contributed by atoms with van der Waals surface area (Å²) in [7, 11) is 3.71. The molecule has 18 heavy (non-hydrogen) atoms. The molecular weight excluding hydrogens is 230 g/mol. The smallest absolute Gasteiger partial charge is 0.238 e. The third-order valence-corrected chi connectivity index (χ3v) is 2.75. The van der Waals surface area contributed by atoms with Crippen molar-refractivity contribution in [2.75, 3.05) is 27.3 Å². The van der Waals surface area contributed by atoms with E-state index in [-0.39, 0.29) is 5.91 Å². The molecule has 0 atom stereocenters. The normalized spacial score (nSPS) is 10.7. The van der Waals surface area contributed by atoms with Gasteiger partial charge in [0.1, 0.15) is 0 Å². The van der Waals surface area contributed by atoms with Crippen LogP contribution in [0.3, 0.4) is 0 Å². The van der Waals surface area contributed by atoms with Crippen molar-refractivity contribution in [1.82, 2.24) is 10.3 Å². The minimum absolute atomic E-state index is 0.179. The van der Waals surface area contributed by atoms with Gasteiger partial charge in [-0.05, 0) is 18.2 Å². The summed E-state index contributed by atoms with van der Waals surface area (Å²) in [6, 6.07) is 7.89. The van der Waals surface area contributed by atoms with Crippen molar-refractivity contribution in [3.05, 3.63) is 35.4 Å². The Bertz CT molecular complexity index is 382. The fraction of sp³-hybridized carbons (Fsp3) is 0.462. The van der Waals surface area contributed by atoms with Crippen molar-refractivity contribution in [2.45, 2.75) is 13.0 Å². The highest BCUT2D eigenvalue weighted by molar-refractivity contribution is 5.78. The molecule has 0 aliphatic rings. The van der Waals surface area contributed by atoms with E-state index in [2.05, 4.69) is 10.3 Å². The number of likely N-dealkylation sites (N-methyl/N-ethyl adjacent to an activating group) is 1. The van der Waals surface area contributed by atoms with Crippen LogP contribution in [-0.4, -0.2) is 38.1 Å². The van der Waals surface area contributed by atoms with Crippen LogP contribution in [-0.2, 0) is 22.5 Å². The van der Waals surface area contributed by atoms with Gasteiger partial charge in [-0.25, -0.2) is 5.84 Å². The van der Waals surface area contributed by atoms with Gasteiger partial charge in [-0.15, -0.1) is 0 Å². The SMILES string of the molecule is COCCN(C)Cc1ccccc1CC(=O)NN. The molecule has 1 aromatic carbocycles. The second-order valence-corrected chi connectivity index (χ2v) is 4.24. The van der Waals surface area contributed by atoms with Crippen LogP contribution >= 0.6 is 0 Å². The molecule has 0 fully saturated rings. The zero-order valence-electron chi connectivity index (χ0n) is 11.0. The Morgan fingerprint density at radius 2 is 2.06 bits per heavy atom. The van der Waals surface area contributed by atoms with Crippen LogP contribution in [0.1, 0.15) is 11.1 Å². The molecule has 0 saturated heterocycles. The lowest BCUT2D eigenvalue weighted by Gasteiger charge is -2.18. The van der Waals surface area contributed by atoms with E-state index in [0.29, 0.717) is 13.0 Å². The van der Waals surface area contributed by atoms with Crippen LogP contribution in [0.5, 0.6) is 0 Å². The van der Waals surface area contributed by atoms with Crippen LogP contribution in [0.2, 0.25) is 0 Å². The lowest BCUT2D eigenvalue weighted by molar-refractivity contribution is -0.120. The van der Waals surface area contributed by atoms with Gasteiger partial charge in [0.2, 0.25) is 5.91 Å². The fourth-order valence-corrected chi connectivity index (χ4v) is 1.73. The number of rotatable bonds is 7. The number of hydrogen-bond acceptors (Lipinski definition) is 4. The number of hydrogen-bond donors (Lipinski definition) is 2. The first-order chi connectivity index (χ1) is 8.67. The number of nitrogens with two attached hydrogens (primary N) is 1. The van der Waals surface area contributed by atoms with Crippen LogP contribution < -0.4 is 11.3 Å². The maximum absolute atomic E-state index is 11.3. The molecule has 0 spiro atoms. The van der Waals surface area contributed by atoms with Crippen molar-refractivity contribution in [2.24, 2.45) is 5.84 Å². The number of nitrogens with zero attached hydrogens (tertiary/aromatic N) is 1. The molecule has 3 N–H and O–H groups in total. The Morgan fingerprint density at radius 1 is 1.39 bits per heavy atom. The Morgan fingerprint density at radius 3 is 2.67 bits per heavy atom. The summed E-state index contributed by atoms with van der Waals surface area (Å²) in [5.41, 5.74) is 4.30. The molecule has 1 rings (SSSR count). The highest BCUT2D eigenvalue weighted by Crippen LogP contribution is 2.11. The van der Waals surface area contributed by atoms with Gasteiger partial charge >= 0.3 is 0 Å².